The second-order valence-electron chi connectivity index (χ2n) is 7.19. The Hall–Kier alpha value is -2.73. The maximum atomic E-state index is 12.9. The number of hydrogen-bond donors (Lipinski definition) is 0. The zero-order chi connectivity index (χ0) is 20.2. The Morgan fingerprint density at radius 1 is 1.11 bits per heavy atom. The molecule has 0 bridgehead atoms. The maximum Gasteiger partial charge on any atom is 0.277 e. The number of hydrogen-bond acceptors (Lipinski definition) is 8. The Kier molecular flexibility index (Phi) is 4.27. The van der Waals surface area contributed by atoms with Gasteiger partial charge < -0.3 is 0 Å². The molecule has 12 heteroatoms. The summed E-state index contributed by atoms with van der Waals surface area (Å²) < 4.78 is 26.9. The third-order valence-electron chi connectivity index (χ3n) is 4.89. The van der Waals surface area contributed by atoms with E-state index in [0.29, 0.717) is 10.9 Å². The van der Waals surface area contributed by atoms with Gasteiger partial charge in [0.05, 0.1) is 29.1 Å². The first-order valence-electron chi connectivity index (χ1n) is 8.76. The average Bonchev–Trinajstić information content (AvgIpc) is 3.45. The van der Waals surface area contributed by atoms with Crippen molar-refractivity contribution < 1.29 is 8.42 Å². The summed E-state index contributed by atoms with van der Waals surface area (Å²) in [5.74, 6) is 0. The van der Waals surface area contributed by atoms with Gasteiger partial charge in [-0.25, -0.2) is 22.1 Å². The van der Waals surface area contributed by atoms with Gasteiger partial charge in [0.1, 0.15) is 11.0 Å². The molecule has 11 nitrogen and oxygen atoms in total. The first-order chi connectivity index (χ1) is 13.2. The molecule has 0 amide bonds. The van der Waals surface area contributed by atoms with E-state index in [9.17, 15) is 18.0 Å². The number of rotatable bonds is 5. The molecule has 4 rings (SSSR count). The Morgan fingerprint density at radius 2 is 1.68 bits per heavy atom. The fourth-order valence-electron chi connectivity index (χ4n) is 3.04. The van der Waals surface area contributed by atoms with Gasteiger partial charge in [-0.2, -0.15) is 0 Å². The molecule has 1 aromatic carbocycles. The third-order valence-corrected chi connectivity index (χ3v) is 6.17. The van der Waals surface area contributed by atoms with Gasteiger partial charge in [0, 0.05) is 13.6 Å². The van der Waals surface area contributed by atoms with Crippen LogP contribution in [0.25, 0.3) is 21.8 Å². The molecule has 2 heterocycles. The summed E-state index contributed by atoms with van der Waals surface area (Å²) in [5, 5.41) is 16.6. The van der Waals surface area contributed by atoms with Crippen molar-refractivity contribution in [2.45, 2.75) is 31.8 Å². The van der Waals surface area contributed by atoms with Gasteiger partial charge >= 0.3 is 0 Å². The monoisotopic (exact) mass is 405 g/mol. The molecule has 0 radical (unpaired) electrons. The molecule has 1 aliphatic rings. The van der Waals surface area contributed by atoms with Gasteiger partial charge in [0.25, 0.3) is 11.1 Å². The van der Waals surface area contributed by atoms with Crippen molar-refractivity contribution in [3.63, 3.8) is 0 Å². The minimum atomic E-state index is -3.39. The highest BCUT2D eigenvalue weighted by molar-refractivity contribution is 7.88. The molecule has 0 N–H and O–H groups in total. The summed E-state index contributed by atoms with van der Waals surface area (Å²) in [6.45, 7) is 1.75. The number of aromatic nitrogens is 6. The summed E-state index contributed by atoms with van der Waals surface area (Å²) >= 11 is 0. The smallest absolute Gasteiger partial charge is 0.267 e. The fourth-order valence-corrected chi connectivity index (χ4v) is 3.52. The van der Waals surface area contributed by atoms with E-state index in [2.05, 4.69) is 20.6 Å². The van der Waals surface area contributed by atoms with Crippen molar-refractivity contribution in [2.75, 3.05) is 19.8 Å². The molecule has 1 aliphatic carbocycles. The highest BCUT2D eigenvalue weighted by atomic mass is 32.2. The van der Waals surface area contributed by atoms with Crippen molar-refractivity contribution in [3.8, 4) is 0 Å². The lowest BCUT2D eigenvalue weighted by Gasteiger charge is -2.19. The molecule has 0 saturated heterocycles. The minimum absolute atomic E-state index is 0.0679. The van der Waals surface area contributed by atoms with Crippen LogP contribution < -0.4 is 11.1 Å². The van der Waals surface area contributed by atoms with E-state index in [-0.39, 0.29) is 29.0 Å². The topological polar surface area (TPSA) is 133 Å². The normalized spacial score (nSPS) is 16.1. The lowest BCUT2D eigenvalue weighted by Crippen LogP contribution is -2.36. The fraction of sp³-hybridized carbons (Fsp3) is 0.500. The largest absolute Gasteiger partial charge is 0.277 e. The standard InChI is InChI=1S/C16H19N7O4S/c1-9(8-21(2)28(3,26)27)22-15(24)11-6-14-12(7-13(11)17-19-22)16(25)23(20-18-14)10-4-5-10/h6-7,9-10H,4-5,8H2,1-3H3/t9-/m1/s1. The zero-order valence-corrected chi connectivity index (χ0v) is 16.4. The summed E-state index contributed by atoms with van der Waals surface area (Å²) in [6, 6.07) is 2.55. The van der Waals surface area contributed by atoms with Crippen molar-refractivity contribution in [1.29, 1.82) is 0 Å². The molecule has 2 aromatic heterocycles. The first kappa shape index (κ1) is 18.6. The van der Waals surface area contributed by atoms with Crippen LogP contribution in [-0.2, 0) is 10.0 Å². The molecule has 1 saturated carbocycles. The summed E-state index contributed by atoms with van der Waals surface area (Å²) in [4.78, 5) is 25.5. The van der Waals surface area contributed by atoms with Crippen LogP contribution in [0.2, 0.25) is 0 Å². The highest BCUT2D eigenvalue weighted by Gasteiger charge is 2.27. The van der Waals surface area contributed by atoms with Crippen molar-refractivity contribution in [2.24, 2.45) is 0 Å². The second-order valence-corrected chi connectivity index (χ2v) is 9.28. The predicted molar refractivity (Wildman–Crippen MR) is 102 cm³/mol. The Bertz CT molecular complexity index is 1310. The zero-order valence-electron chi connectivity index (χ0n) is 15.6. The van der Waals surface area contributed by atoms with Crippen molar-refractivity contribution >= 4 is 31.8 Å². The predicted octanol–water partition coefficient (Wildman–Crippen LogP) is -0.316. The highest BCUT2D eigenvalue weighted by Crippen LogP contribution is 2.32. The summed E-state index contributed by atoms with van der Waals surface area (Å²) in [6.07, 6.45) is 2.89. The van der Waals surface area contributed by atoms with Crippen molar-refractivity contribution in [1.82, 2.24) is 34.3 Å². The molecule has 3 aromatic rings. The van der Waals surface area contributed by atoms with E-state index in [1.54, 1.807) is 6.92 Å². The van der Waals surface area contributed by atoms with Crippen molar-refractivity contribution in [3.05, 3.63) is 32.8 Å². The molecule has 0 unspecified atom stereocenters. The van der Waals surface area contributed by atoms with E-state index in [1.807, 2.05) is 0 Å². The number of nitrogens with zero attached hydrogens (tertiary/aromatic N) is 7. The van der Waals surface area contributed by atoms with E-state index >= 15 is 0 Å². The lowest BCUT2D eigenvalue weighted by molar-refractivity contribution is 0.359. The van der Waals surface area contributed by atoms with Crippen LogP contribution in [0.15, 0.2) is 21.7 Å². The van der Waals surface area contributed by atoms with Gasteiger partial charge in [-0.3, -0.25) is 9.59 Å². The Balaban J connectivity index is 1.81. The van der Waals surface area contributed by atoms with E-state index < -0.39 is 21.6 Å². The minimum Gasteiger partial charge on any atom is -0.267 e. The maximum absolute atomic E-state index is 12.9. The van der Waals surface area contributed by atoms with Crippen LogP contribution >= 0.6 is 0 Å². The van der Waals surface area contributed by atoms with Gasteiger partial charge in [-0.05, 0) is 31.9 Å². The van der Waals surface area contributed by atoms with Gasteiger partial charge in [-0.1, -0.05) is 10.4 Å². The van der Waals surface area contributed by atoms with Gasteiger partial charge in [0.15, 0.2) is 0 Å². The Labute approximate surface area is 159 Å². The summed E-state index contributed by atoms with van der Waals surface area (Å²) in [5.41, 5.74) is -0.102. The summed E-state index contributed by atoms with van der Waals surface area (Å²) in [7, 11) is -1.96. The van der Waals surface area contributed by atoms with Crippen LogP contribution in [0.3, 0.4) is 0 Å². The van der Waals surface area contributed by atoms with Crippen LogP contribution in [0.5, 0.6) is 0 Å². The third kappa shape index (κ3) is 3.18. The molecule has 1 atom stereocenters. The molecule has 0 aliphatic heterocycles. The molecule has 148 valence electrons. The van der Waals surface area contributed by atoms with E-state index in [0.717, 1.165) is 28.1 Å². The molecule has 0 spiro atoms. The number of benzene rings is 1. The SMILES string of the molecule is C[C@H](CN(C)S(C)(=O)=O)n1nnc2cc3c(=O)n(C4CC4)nnc3cc2c1=O. The first-order valence-corrected chi connectivity index (χ1v) is 10.6. The molecule has 28 heavy (non-hydrogen) atoms. The quantitative estimate of drug-likeness (QED) is 0.528. The van der Waals surface area contributed by atoms with Crippen LogP contribution in [0, 0.1) is 0 Å². The Morgan fingerprint density at radius 3 is 2.25 bits per heavy atom. The van der Waals surface area contributed by atoms with Crippen LogP contribution in [0.1, 0.15) is 31.8 Å². The number of likely N-dealkylation sites (N-methyl/N-ethyl adjacent to an activating group) is 1. The van der Waals surface area contributed by atoms with Crippen LogP contribution in [-0.4, -0.2) is 62.6 Å². The van der Waals surface area contributed by atoms with E-state index in [1.165, 1.54) is 23.9 Å². The van der Waals surface area contributed by atoms with Crippen LogP contribution in [0.4, 0.5) is 0 Å². The number of fused-ring (bicyclic) bond motifs is 2. The number of sulfonamides is 1. The molecule has 1 fully saturated rings. The average molecular weight is 405 g/mol. The molecular formula is C16H19N7O4S. The van der Waals surface area contributed by atoms with Gasteiger partial charge in [0.2, 0.25) is 10.0 Å². The lowest BCUT2D eigenvalue weighted by atomic mass is 10.2. The molecular weight excluding hydrogens is 386 g/mol. The van der Waals surface area contributed by atoms with E-state index in [4.69, 9.17) is 0 Å². The second kappa shape index (κ2) is 6.41. The van der Waals surface area contributed by atoms with Gasteiger partial charge in [-0.15, -0.1) is 10.2 Å².